The summed E-state index contributed by atoms with van der Waals surface area (Å²) < 4.78 is 22.5. The molecule has 3 aromatic rings. The summed E-state index contributed by atoms with van der Waals surface area (Å²) in [6.45, 7) is 0. The van der Waals surface area contributed by atoms with E-state index in [0.717, 1.165) is 11.1 Å². The molecule has 1 unspecified atom stereocenters. The zero-order valence-corrected chi connectivity index (χ0v) is 19.7. The van der Waals surface area contributed by atoms with Crippen LogP contribution < -0.4 is 10.1 Å². The number of anilines is 1. The molecule has 32 heavy (non-hydrogen) atoms. The van der Waals surface area contributed by atoms with E-state index in [9.17, 15) is 14.0 Å². The van der Waals surface area contributed by atoms with Gasteiger partial charge in [0.2, 0.25) is 0 Å². The molecule has 0 spiro atoms. The topological polar surface area (TPSA) is 94.3 Å². The summed E-state index contributed by atoms with van der Waals surface area (Å²) in [6.07, 6.45) is 2.04. The summed E-state index contributed by atoms with van der Waals surface area (Å²) in [6, 6.07) is 3.65. The molecule has 0 radical (unpaired) electrons. The van der Waals surface area contributed by atoms with Crippen molar-refractivity contribution in [1.82, 2.24) is 24.2 Å². The molecule has 1 aliphatic carbocycles. The van der Waals surface area contributed by atoms with Gasteiger partial charge in [0.15, 0.2) is 0 Å². The van der Waals surface area contributed by atoms with Crippen LogP contribution in [-0.4, -0.2) is 43.3 Å². The van der Waals surface area contributed by atoms with E-state index in [1.807, 2.05) is 0 Å². The van der Waals surface area contributed by atoms with Gasteiger partial charge in [-0.2, -0.15) is 4.98 Å². The Kier molecular flexibility index (Phi) is 5.95. The fourth-order valence-electron chi connectivity index (χ4n) is 3.83. The highest BCUT2D eigenvalue weighted by atomic mass is 79.9. The number of amides is 2. The number of rotatable bonds is 4. The lowest BCUT2D eigenvalue weighted by Gasteiger charge is -2.23. The molecule has 0 aliphatic heterocycles. The number of hydrogen-bond donors (Lipinski definition) is 1. The van der Waals surface area contributed by atoms with E-state index < -0.39 is 11.9 Å². The molecule has 1 atom stereocenters. The van der Waals surface area contributed by atoms with E-state index in [1.54, 1.807) is 25.7 Å². The lowest BCUT2D eigenvalue weighted by molar-refractivity contribution is 0.101. The summed E-state index contributed by atoms with van der Waals surface area (Å²) in [7, 11) is 5.05. The molecule has 1 aromatic carbocycles. The van der Waals surface area contributed by atoms with Gasteiger partial charge in [-0.1, -0.05) is 11.6 Å². The Hall–Kier alpha value is -2.92. The zero-order valence-electron chi connectivity index (χ0n) is 17.4. The number of aryl methyl sites for hydroxylation is 1. The molecular formula is C20H19BrClFN6O3. The molecule has 0 fully saturated rings. The number of halogens is 3. The van der Waals surface area contributed by atoms with E-state index in [4.69, 9.17) is 16.3 Å². The van der Waals surface area contributed by atoms with Crippen LogP contribution in [0.15, 0.2) is 29.1 Å². The largest absolute Gasteiger partial charge is 0.417 e. The van der Waals surface area contributed by atoms with Crippen LogP contribution >= 0.6 is 27.5 Å². The standard InChI is InChI=1S/C20H19BrClFN6O3/c1-27-9-24-19(26-27)32-20(31)28(2)14-7-5-11-15(14)17(21)29(3)16(11)18(30)25-10-4-6-13(23)12(22)8-10/h4,6,8-9,14H,5,7H2,1-3H3,(H,25,30). The predicted octanol–water partition coefficient (Wildman–Crippen LogP) is 4.08. The Morgan fingerprint density at radius 1 is 1.38 bits per heavy atom. The normalized spacial score (nSPS) is 14.9. The minimum Gasteiger partial charge on any atom is -0.373 e. The molecule has 0 bridgehead atoms. The molecule has 0 saturated heterocycles. The second-order valence-corrected chi connectivity index (χ2v) is 8.57. The fourth-order valence-corrected chi connectivity index (χ4v) is 4.70. The highest BCUT2D eigenvalue weighted by Gasteiger charge is 2.37. The number of hydrogen-bond acceptors (Lipinski definition) is 5. The Morgan fingerprint density at radius 2 is 2.12 bits per heavy atom. The number of carbonyl (C=O) groups is 2. The summed E-state index contributed by atoms with van der Waals surface area (Å²) in [5.41, 5.74) is 2.49. The van der Waals surface area contributed by atoms with Gasteiger partial charge in [0.05, 0.1) is 15.7 Å². The number of benzene rings is 1. The van der Waals surface area contributed by atoms with Crippen LogP contribution in [0.25, 0.3) is 0 Å². The fraction of sp³-hybridized carbons (Fsp3) is 0.300. The first kappa shape index (κ1) is 22.3. The molecule has 2 amide bonds. The third-order valence-corrected chi connectivity index (χ3v) is 6.62. The molecule has 168 valence electrons. The average molecular weight is 526 g/mol. The molecule has 9 nitrogen and oxygen atoms in total. The quantitative estimate of drug-likeness (QED) is 0.554. The first-order valence-electron chi connectivity index (χ1n) is 9.61. The number of aromatic nitrogens is 4. The first-order valence-corrected chi connectivity index (χ1v) is 10.8. The highest BCUT2D eigenvalue weighted by Crippen LogP contribution is 2.43. The average Bonchev–Trinajstić information content (AvgIpc) is 3.41. The van der Waals surface area contributed by atoms with Crippen LogP contribution in [0, 0.1) is 5.82 Å². The van der Waals surface area contributed by atoms with E-state index >= 15 is 0 Å². The second-order valence-electron chi connectivity index (χ2n) is 7.41. The Labute approximate surface area is 196 Å². The van der Waals surface area contributed by atoms with Gasteiger partial charge in [-0.3, -0.25) is 9.48 Å². The van der Waals surface area contributed by atoms with Gasteiger partial charge in [0.25, 0.3) is 5.91 Å². The van der Waals surface area contributed by atoms with Crippen molar-refractivity contribution in [3.8, 4) is 6.01 Å². The van der Waals surface area contributed by atoms with Crippen molar-refractivity contribution in [2.45, 2.75) is 18.9 Å². The molecular weight excluding hydrogens is 507 g/mol. The van der Waals surface area contributed by atoms with Crippen LogP contribution in [0.2, 0.25) is 5.02 Å². The Morgan fingerprint density at radius 3 is 2.78 bits per heavy atom. The van der Waals surface area contributed by atoms with E-state index in [2.05, 4.69) is 31.3 Å². The van der Waals surface area contributed by atoms with Crippen molar-refractivity contribution < 1.29 is 18.7 Å². The third kappa shape index (κ3) is 3.97. The SMILES string of the molecule is CN(C(=O)Oc1ncn(C)n1)C1CCc2c1c(Br)n(C)c2C(=O)Nc1ccc(F)c(Cl)c1. The van der Waals surface area contributed by atoms with Gasteiger partial charge in [0, 0.05) is 32.4 Å². The van der Waals surface area contributed by atoms with E-state index in [0.29, 0.717) is 28.8 Å². The molecule has 2 aromatic heterocycles. The molecule has 4 rings (SSSR count). The maximum absolute atomic E-state index is 13.4. The number of carbonyl (C=O) groups excluding carboxylic acids is 2. The summed E-state index contributed by atoms with van der Waals surface area (Å²) in [4.78, 5) is 31.0. The van der Waals surface area contributed by atoms with Crippen molar-refractivity contribution in [2.75, 3.05) is 12.4 Å². The Bertz CT molecular complexity index is 1230. The van der Waals surface area contributed by atoms with Crippen LogP contribution in [0.5, 0.6) is 6.01 Å². The van der Waals surface area contributed by atoms with Gasteiger partial charge in [-0.25, -0.2) is 9.18 Å². The van der Waals surface area contributed by atoms with Crippen LogP contribution in [0.3, 0.4) is 0 Å². The highest BCUT2D eigenvalue weighted by molar-refractivity contribution is 9.10. The maximum atomic E-state index is 13.4. The third-order valence-electron chi connectivity index (χ3n) is 5.37. The van der Waals surface area contributed by atoms with Crippen molar-refractivity contribution in [1.29, 1.82) is 0 Å². The summed E-state index contributed by atoms with van der Waals surface area (Å²) >= 11 is 9.38. The van der Waals surface area contributed by atoms with Crippen LogP contribution in [-0.2, 0) is 20.5 Å². The first-order chi connectivity index (χ1) is 15.2. The van der Waals surface area contributed by atoms with Gasteiger partial charge in [0.1, 0.15) is 17.8 Å². The lowest BCUT2D eigenvalue weighted by Crippen LogP contribution is -2.33. The number of nitrogens with one attached hydrogen (secondary N) is 1. The monoisotopic (exact) mass is 524 g/mol. The molecule has 1 N–H and O–H groups in total. The van der Waals surface area contributed by atoms with Gasteiger partial charge in [-0.15, -0.1) is 5.10 Å². The van der Waals surface area contributed by atoms with Crippen LogP contribution in [0.4, 0.5) is 14.9 Å². The molecule has 12 heteroatoms. The molecule has 0 saturated carbocycles. The van der Waals surface area contributed by atoms with Crippen LogP contribution in [0.1, 0.15) is 34.1 Å². The van der Waals surface area contributed by atoms with Crippen molar-refractivity contribution in [3.63, 3.8) is 0 Å². The number of ether oxygens (including phenoxy) is 1. The zero-order chi connectivity index (χ0) is 23.2. The smallest absolute Gasteiger partial charge is 0.373 e. The van der Waals surface area contributed by atoms with Crippen molar-refractivity contribution >= 4 is 45.2 Å². The minimum atomic E-state index is -0.600. The van der Waals surface area contributed by atoms with E-state index in [-0.39, 0.29) is 23.0 Å². The predicted molar refractivity (Wildman–Crippen MR) is 118 cm³/mol. The van der Waals surface area contributed by atoms with Gasteiger partial charge >= 0.3 is 12.1 Å². The van der Waals surface area contributed by atoms with E-state index in [1.165, 1.54) is 34.1 Å². The summed E-state index contributed by atoms with van der Waals surface area (Å²) in [5, 5.41) is 6.63. The minimum absolute atomic E-state index is 0.0345. The summed E-state index contributed by atoms with van der Waals surface area (Å²) in [5.74, 6) is -0.925. The maximum Gasteiger partial charge on any atom is 0.417 e. The van der Waals surface area contributed by atoms with Gasteiger partial charge in [-0.05, 0) is 52.5 Å². The van der Waals surface area contributed by atoms with Gasteiger partial charge < -0.3 is 19.5 Å². The lowest BCUT2D eigenvalue weighted by atomic mass is 10.1. The van der Waals surface area contributed by atoms with Crippen molar-refractivity contribution in [3.05, 3.63) is 56.8 Å². The molecule has 1 aliphatic rings. The number of fused-ring (bicyclic) bond motifs is 1. The second kappa shape index (κ2) is 8.55. The van der Waals surface area contributed by atoms with Crippen molar-refractivity contribution in [2.24, 2.45) is 14.1 Å². The Balaban J connectivity index is 1.58. The number of nitrogens with zero attached hydrogens (tertiary/aromatic N) is 5. The molecule has 2 heterocycles.